The van der Waals surface area contributed by atoms with Crippen molar-refractivity contribution in [2.75, 3.05) is 11.7 Å². The van der Waals surface area contributed by atoms with Crippen LogP contribution in [0.2, 0.25) is 0 Å². The van der Waals surface area contributed by atoms with Crippen LogP contribution in [0.3, 0.4) is 0 Å². The molecular formula is C20H21ClPS+. The van der Waals surface area contributed by atoms with Crippen molar-refractivity contribution in [2.24, 2.45) is 0 Å². The smallest absolute Gasteiger partial charge is 0.122 e. The van der Waals surface area contributed by atoms with Crippen molar-refractivity contribution in [3.63, 3.8) is 0 Å². The highest BCUT2D eigenvalue weighted by Gasteiger charge is 2.44. The highest BCUT2D eigenvalue weighted by atomic mass is 35.5. The Morgan fingerprint density at radius 3 is 1.17 bits per heavy atom. The first-order chi connectivity index (χ1) is 10.9. The van der Waals surface area contributed by atoms with Crippen LogP contribution in [0.1, 0.15) is 0 Å². The van der Waals surface area contributed by atoms with Gasteiger partial charge in [0.25, 0.3) is 0 Å². The maximum absolute atomic E-state index is 2.30. The van der Waals surface area contributed by atoms with E-state index in [0.29, 0.717) is 0 Å². The second-order valence-corrected chi connectivity index (χ2v) is 10.0. The van der Waals surface area contributed by atoms with Crippen molar-refractivity contribution in [3.05, 3.63) is 91.0 Å². The van der Waals surface area contributed by atoms with Gasteiger partial charge in [-0.3, -0.25) is 0 Å². The van der Waals surface area contributed by atoms with Crippen molar-refractivity contribution < 1.29 is 0 Å². The zero-order chi connectivity index (χ0) is 15.3. The maximum atomic E-state index is 2.30. The summed E-state index contributed by atoms with van der Waals surface area (Å²) in [5.74, 6) is 0. The molecule has 0 saturated heterocycles. The third kappa shape index (κ3) is 3.63. The van der Waals surface area contributed by atoms with Crippen LogP contribution in [0.25, 0.3) is 0 Å². The van der Waals surface area contributed by atoms with E-state index in [1.807, 2.05) is 11.8 Å². The Balaban J connectivity index is 0.00000192. The summed E-state index contributed by atoms with van der Waals surface area (Å²) in [7, 11) is -1.59. The molecule has 23 heavy (non-hydrogen) atoms. The number of hydrogen-bond donors (Lipinski definition) is 0. The highest BCUT2D eigenvalue weighted by molar-refractivity contribution is 8.12. The Bertz CT molecular complexity index is 605. The molecule has 0 N–H and O–H groups in total. The average molecular weight is 360 g/mol. The van der Waals surface area contributed by atoms with Crippen LogP contribution in [-0.2, 0) is 0 Å². The van der Waals surface area contributed by atoms with Gasteiger partial charge in [-0.05, 0) is 42.7 Å². The van der Waals surface area contributed by atoms with Gasteiger partial charge in [-0.1, -0.05) is 54.6 Å². The fraction of sp³-hybridized carbons (Fsp3) is 0.100. The molecule has 3 heteroatoms. The molecule has 0 aliphatic heterocycles. The minimum absolute atomic E-state index is 0. The van der Waals surface area contributed by atoms with Gasteiger partial charge < -0.3 is 0 Å². The molecule has 0 spiro atoms. The van der Waals surface area contributed by atoms with Crippen molar-refractivity contribution in [1.82, 2.24) is 0 Å². The average Bonchev–Trinajstić information content (AvgIpc) is 2.62. The zero-order valence-corrected chi connectivity index (χ0v) is 15.7. The van der Waals surface area contributed by atoms with Crippen LogP contribution >= 0.6 is 31.4 Å². The van der Waals surface area contributed by atoms with Crippen LogP contribution < -0.4 is 15.9 Å². The fourth-order valence-electron chi connectivity index (χ4n) is 2.91. The van der Waals surface area contributed by atoms with E-state index >= 15 is 0 Å². The molecule has 0 nitrogen and oxygen atoms in total. The zero-order valence-electron chi connectivity index (χ0n) is 13.1. The Morgan fingerprint density at radius 2 is 0.913 bits per heavy atom. The Morgan fingerprint density at radius 1 is 0.609 bits per heavy atom. The van der Waals surface area contributed by atoms with E-state index < -0.39 is 7.26 Å². The highest BCUT2D eigenvalue weighted by Crippen LogP contribution is 2.57. The maximum Gasteiger partial charge on any atom is 0.122 e. The van der Waals surface area contributed by atoms with Gasteiger partial charge in [0.05, 0.1) is 0 Å². The topological polar surface area (TPSA) is 0 Å². The number of benzene rings is 3. The molecule has 0 aliphatic carbocycles. The Hall–Kier alpha value is -1.27. The third-order valence-corrected chi connectivity index (χ3v) is 10.0. The standard InChI is InChI=1S/C20H20PS.ClH/c1-22-17-21(18-11-5-2-6-12-18,19-13-7-3-8-14-19)20-15-9-4-10-16-20;/h2-16H,17H2,1H3;1H/q+1;. The largest absolute Gasteiger partial charge is 0.147 e. The fourth-order valence-corrected chi connectivity index (χ4v) is 9.19. The summed E-state index contributed by atoms with van der Waals surface area (Å²) in [6.07, 6.45) is 2.21. The monoisotopic (exact) mass is 359 g/mol. The lowest BCUT2D eigenvalue weighted by Crippen LogP contribution is -2.32. The number of rotatable bonds is 5. The van der Waals surface area contributed by atoms with Crippen molar-refractivity contribution in [2.45, 2.75) is 0 Å². The molecule has 0 bridgehead atoms. The van der Waals surface area contributed by atoms with Crippen molar-refractivity contribution in [3.8, 4) is 0 Å². The molecule has 0 saturated carbocycles. The lowest BCUT2D eigenvalue weighted by Gasteiger charge is -2.26. The van der Waals surface area contributed by atoms with Gasteiger partial charge in [0.2, 0.25) is 0 Å². The second-order valence-electron chi connectivity index (χ2n) is 5.23. The molecule has 0 amide bonds. The molecule has 0 radical (unpaired) electrons. The summed E-state index contributed by atoms with van der Waals surface area (Å²) in [6, 6.07) is 33.1. The SMILES string of the molecule is CSC[P+](c1ccccc1)(c1ccccc1)c1ccccc1.Cl. The molecule has 0 heterocycles. The normalized spacial score (nSPS) is 10.8. The predicted octanol–water partition coefficient (Wildman–Crippen LogP) is 4.72. The van der Waals surface area contributed by atoms with Crippen molar-refractivity contribution >= 4 is 47.3 Å². The predicted molar refractivity (Wildman–Crippen MR) is 111 cm³/mol. The Kier molecular flexibility index (Phi) is 6.72. The number of halogens is 1. The molecular weight excluding hydrogens is 339 g/mol. The molecule has 3 aromatic rings. The van der Waals surface area contributed by atoms with Gasteiger partial charge in [-0.25, -0.2) is 0 Å². The van der Waals surface area contributed by atoms with Crippen LogP contribution in [-0.4, -0.2) is 11.7 Å². The first kappa shape index (κ1) is 18.1. The lowest BCUT2D eigenvalue weighted by atomic mass is 10.4. The van der Waals surface area contributed by atoms with Gasteiger partial charge in [0.15, 0.2) is 0 Å². The van der Waals surface area contributed by atoms with Gasteiger partial charge in [-0.2, -0.15) is 0 Å². The van der Waals surface area contributed by atoms with Crippen LogP contribution in [0, 0.1) is 0 Å². The molecule has 3 aromatic carbocycles. The summed E-state index contributed by atoms with van der Waals surface area (Å²) in [5, 5.41) is 4.38. The van der Waals surface area contributed by atoms with E-state index in [1.54, 1.807) is 0 Å². The van der Waals surface area contributed by atoms with Gasteiger partial charge in [0, 0.05) is 0 Å². The second kappa shape index (κ2) is 8.55. The molecule has 3 rings (SSSR count). The molecule has 0 aromatic heterocycles. The van der Waals surface area contributed by atoms with E-state index in [-0.39, 0.29) is 12.4 Å². The molecule has 118 valence electrons. The minimum atomic E-state index is -1.59. The van der Waals surface area contributed by atoms with Crippen LogP contribution in [0.4, 0.5) is 0 Å². The van der Waals surface area contributed by atoms with E-state index in [9.17, 15) is 0 Å². The summed E-state index contributed by atoms with van der Waals surface area (Å²) >= 11 is 1.94. The van der Waals surface area contributed by atoms with E-state index in [1.165, 1.54) is 15.9 Å². The quantitative estimate of drug-likeness (QED) is 0.594. The summed E-state index contributed by atoms with van der Waals surface area (Å²) in [6.45, 7) is 0. The molecule has 0 fully saturated rings. The van der Waals surface area contributed by atoms with Gasteiger partial charge in [-0.15, -0.1) is 24.2 Å². The first-order valence-electron chi connectivity index (χ1n) is 7.42. The molecule has 0 unspecified atom stereocenters. The van der Waals surface area contributed by atoms with E-state index in [2.05, 4.69) is 97.3 Å². The van der Waals surface area contributed by atoms with E-state index in [4.69, 9.17) is 0 Å². The third-order valence-electron chi connectivity index (χ3n) is 3.91. The first-order valence-corrected chi connectivity index (χ1v) is 10.8. The lowest BCUT2D eigenvalue weighted by molar-refractivity contribution is 1.71. The summed E-state index contributed by atoms with van der Waals surface area (Å²) < 4.78 is 0. The molecule has 0 aliphatic rings. The van der Waals surface area contributed by atoms with Crippen LogP contribution in [0.5, 0.6) is 0 Å². The summed E-state index contributed by atoms with van der Waals surface area (Å²) in [5.41, 5.74) is 1.13. The Labute approximate surface area is 150 Å². The minimum Gasteiger partial charge on any atom is -0.147 e. The molecule has 0 atom stereocenters. The van der Waals surface area contributed by atoms with Gasteiger partial charge >= 0.3 is 0 Å². The van der Waals surface area contributed by atoms with Crippen LogP contribution in [0.15, 0.2) is 91.0 Å². The van der Waals surface area contributed by atoms with Crippen molar-refractivity contribution in [1.29, 1.82) is 0 Å². The summed E-state index contributed by atoms with van der Waals surface area (Å²) in [4.78, 5) is 0. The van der Waals surface area contributed by atoms with E-state index in [0.717, 1.165) is 5.49 Å². The number of hydrogen-bond acceptors (Lipinski definition) is 1. The van der Waals surface area contributed by atoms with Gasteiger partial charge in [0.1, 0.15) is 28.7 Å². The number of thioether (sulfide) groups is 1.